The molecule has 24 heavy (non-hydrogen) atoms. The summed E-state index contributed by atoms with van der Waals surface area (Å²) in [6.07, 6.45) is 1.76. The van der Waals surface area contributed by atoms with Crippen LogP contribution in [-0.4, -0.2) is 20.7 Å². The molecule has 1 N–H and O–H groups in total. The highest BCUT2D eigenvalue weighted by molar-refractivity contribution is 6.06. The maximum Gasteiger partial charge on any atom is 0.257 e. The topological polar surface area (TPSA) is 59.8 Å². The highest BCUT2D eigenvalue weighted by atomic mass is 16.1. The van der Waals surface area contributed by atoms with E-state index in [9.17, 15) is 4.79 Å². The summed E-state index contributed by atoms with van der Waals surface area (Å²) in [6.45, 7) is 10.00. The quantitative estimate of drug-likeness (QED) is 0.786. The maximum absolute atomic E-state index is 12.7. The van der Waals surface area contributed by atoms with Gasteiger partial charge in [-0.2, -0.15) is 5.10 Å². The highest BCUT2D eigenvalue weighted by Crippen LogP contribution is 2.21. The van der Waals surface area contributed by atoms with Crippen LogP contribution in [0.2, 0.25) is 0 Å². The molecule has 0 saturated carbocycles. The van der Waals surface area contributed by atoms with E-state index < -0.39 is 0 Å². The standard InChI is InChI=1S/C19H22N4O/c1-11(2)23-18-15(10-20-23)9-16(14(5)21-18)19(24)22-17-7-6-12(3)8-13(17)4/h6-11H,1-5H3,(H,22,24). The van der Waals surface area contributed by atoms with E-state index in [1.54, 1.807) is 6.20 Å². The zero-order valence-electron chi connectivity index (χ0n) is 14.7. The second-order valence-corrected chi connectivity index (χ2v) is 6.49. The summed E-state index contributed by atoms with van der Waals surface area (Å²) in [5.41, 5.74) is 5.13. The second-order valence-electron chi connectivity index (χ2n) is 6.49. The van der Waals surface area contributed by atoms with Crippen molar-refractivity contribution in [3.05, 3.63) is 52.8 Å². The third-order valence-corrected chi connectivity index (χ3v) is 4.12. The molecule has 124 valence electrons. The van der Waals surface area contributed by atoms with Crippen molar-refractivity contribution in [1.29, 1.82) is 0 Å². The summed E-state index contributed by atoms with van der Waals surface area (Å²) >= 11 is 0. The average Bonchev–Trinajstić information content (AvgIpc) is 2.92. The van der Waals surface area contributed by atoms with Gasteiger partial charge in [-0.1, -0.05) is 17.7 Å². The van der Waals surface area contributed by atoms with Crippen LogP contribution in [0.3, 0.4) is 0 Å². The minimum Gasteiger partial charge on any atom is -0.322 e. The molecule has 0 saturated heterocycles. The third-order valence-electron chi connectivity index (χ3n) is 4.12. The molecule has 0 spiro atoms. The van der Waals surface area contributed by atoms with Gasteiger partial charge in [-0.15, -0.1) is 0 Å². The Labute approximate surface area is 141 Å². The van der Waals surface area contributed by atoms with Crippen molar-refractivity contribution in [2.75, 3.05) is 5.32 Å². The number of nitrogens with one attached hydrogen (secondary N) is 1. The number of aryl methyl sites for hydroxylation is 3. The van der Waals surface area contributed by atoms with Crippen molar-refractivity contribution >= 4 is 22.6 Å². The Balaban J connectivity index is 1.96. The van der Waals surface area contributed by atoms with Crippen LogP contribution in [0.25, 0.3) is 11.0 Å². The van der Waals surface area contributed by atoms with E-state index in [0.29, 0.717) is 11.3 Å². The number of amides is 1. The SMILES string of the molecule is Cc1ccc(NC(=O)c2cc3cnn(C(C)C)c3nc2C)c(C)c1. The normalized spacial score (nSPS) is 11.2. The first-order valence-electron chi connectivity index (χ1n) is 8.10. The van der Waals surface area contributed by atoms with E-state index >= 15 is 0 Å². The Hall–Kier alpha value is -2.69. The predicted octanol–water partition coefficient (Wildman–Crippen LogP) is 4.19. The number of nitrogens with zero attached hydrogens (tertiary/aromatic N) is 3. The molecule has 0 unspecified atom stereocenters. The number of carbonyl (C=O) groups excluding carboxylic acids is 1. The van der Waals surface area contributed by atoms with Crippen molar-refractivity contribution in [1.82, 2.24) is 14.8 Å². The lowest BCUT2D eigenvalue weighted by Crippen LogP contribution is -2.15. The van der Waals surface area contributed by atoms with Gasteiger partial charge in [-0.3, -0.25) is 4.79 Å². The Morgan fingerprint density at radius 2 is 1.92 bits per heavy atom. The number of carbonyl (C=O) groups is 1. The zero-order valence-corrected chi connectivity index (χ0v) is 14.7. The number of hydrogen-bond acceptors (Lipinski definition) is 3. The van der Waals surface area contributed by atoms with E-state index in [4.69, 9.17) is 0 Å². The molecular formula is C19H22N4O. The molecule has 1 amide bonds. The van der Waals surface area contributed by atoms with Gasteiger partial charge < -0.3 is 5.32 Å². The van der Waals surface area contributed by atoms with Crippen LogP contribution in [0.5, 0.6) is 0 Å². The molecule has 0 bridgehead atoms. The van der Waals surface area contributed by atoms with E-state index in [1.807, 2.05) is 43.7 Å². The number of pyridine rings is 1. The molecule has 0 atom stereocenters. The molecule has 5 nitrogen and oxygen atoms in total. The van der Waals surface area contributed by atoms with Crippen LogP contribution in [0.4, 0.5) is 5.69 Å². The molecule has 5 heteroatoms. The summed E-state index contributed by atoms with van der Waals surface area (Å²) in [6, 6.07) is 8.06. The first kappa shape index (κ1) is 16.2. The highest BCUT2D eigenvalue weighted by Gasteiger charge is 2.16. The van der Waals surface area contributed by atoms with Crippen LogP contribution in [0, 0.1) is 20.8 Å². The molecule has 0 radical (unpaired) electrons. The minimum atomic E-state index is -0.147. The smallest absolute Gasteiger partial charge is 0.257 e. The zero-order chi connectivity index (χ0) is 17.4. The third kappa shape index (κ3) is 2.89. The van der Waals surface area contributed by atoms with Gasteiger partial charge in [-0.05, 0) is 52.3 Å². The van der Waals surface area contributed by atoms with Gasteiger partial charge in [0.1, 0.15) is 0 Å². The second kappa shape index (κ2) is 6.07. The number of rotatable bonds is 3. The summed E-state index contributed by atoms with van der Waals surface area (Å²) in [7, 11) is 0. The molecule has 2 heterocycles. The minimum absolute atomic E-state index is 0.147. The van der Waals surface area contributed by atoms with Gasteiger partial charge in [0.15, 0.2) is 5.65 Å². The van der Waals surface area contributed by atoms with Crippen molar-refractivity contribution in [2.24, 2.45) is 0 Å². The first-order valence-corrected chi connectivity index (χ1v) is 8.10. The number of hydrogen-bond donors (Lipinski definition) is 1. The summed E-state index contributed by atoms with van der Waals surface area (Å²) in [5.74, 6) is -0.147. The maximum atomic E-state index is 12.7. The fraction of sp³-hybridized carbons (Fsp3) is 0.316. The van der Waals surface area contributed by atoms with Crippen LogP contribution in [-0.2, 0) is 0 Å². The largest absolute Gasteiger partial charge is 0.322 e. The molecule has 1 aromatic carbocycles. The Morgan fingerprint density at radius 1 is 1.17 bits per heavy atom. The van der Waals surface area contributed by atoms with Crippen LogP contribution in [0.15, 0.2) is 30.5 Å². The van der Waals surface area contributed by atoms with Gasteiger partial charge in [-0.25, -0.2) is 9.67 Å². The van der Waals surface area contributed by atoms with Crippen molar-refractivity contribution < 1.29 is 4.79 Å². The van der Waals surface area contributed by atoms with E-state index in [0.717, 1.165) is 22.3 Å². The van der Waals surface area contributed by atoms with Crippen LogP contribution in [0.1, 0.15) is 47.1 Å². The van der Waals surface area contributed by atoms with E-state index in [2.05, 4.69) is 35.3 Å². The fourth-order valence-electron chi connectivity index (χ4n) is 2.82. The van der Waals surface area contributed by atoms with E-state index in [1.165, 1.54) is 5.56 Å². The van der Waals surface area contributed by atoms with Gasteiger partial charge >= 0.3 is 0 Å². The first-order chi connectivity index (χ1) is 11.4. The number of aromatic nitrogens is 3. The predicted molar refractivity (Wildman–Crippen MR) is 96.5 cm³/mol. The van der Waals surface area contributed by atoms with Gasteiger partial charge in [0.2, 0.25) is 0 Å². The monoisotopic (exact) mass is 322 g/mol. The molecule has 0 aliphatic carbocycles. The lowest BCUT2D eigenvalue weighted by Gasteiger charge is -2.11. The average molecular weight is 322 g/mol. The van der Waals surface area contributed by atoms with Crippen molar-refractivity contribution in [2.45, 2.75) is 40.7 Å². The Bertz CT molecular complexity index is 925. The lowest BCUT2D eigenvalue weighted by atomic mass is 10.1. The molecular weight excluding hydrogens is 300 g/mol. The Morgan fingerprint density at radius 3 is 2.58 bits per heavy atom. The summed E-state index contributed by atoms with van der Waals surface area (Å²) < 4.78 is 1.87. The summed E-state index contributed by atoms with van der Waals surface area (Å²) in [5, 5.41) is 8.22. The molecule has 2 aromatic heterocycles. The molecule has 3 aromatic rings. The number of benzene rings is 1. The number of fused-ring (bicyclic) bond motifs is 1. The van der Waals surface area contributed by atoms with Gasteiger partial charge in [0.25, 0.3) is 5.91 Å². The van der Waals surface area contributed by atoms with Gasteiger partial charge in [0, 0.05) is 17.1 Å². The fourth-order valence-corrected chi connectivity index (χ4v) is 2.82. The van der Waals surface area contributed by atoms with Gasteiger partial charge in [0.05, 0.1) is 17.5 Å². The summed E-state index contributed by atoms with van der Waals surface area (Å²) in [4.78, 5) is 17.3. The van der Waals surface area contributed by atoms with Crippen molar-refractivity contribution in [3.8, 4) is 0 Å². The van der Waals surface area contributed by atoms with Crippen LogP contribution >= 0.6 is 0 Å². The molecule has 0 aliphatic rings. The van der Waals surface area contributed by atoms with E-state index in [-0.39, 0.29) is 11.9 Å². The molecule has 0 aliphatic heterocycles. The van der Waals surface area contributed by atoms with Crippen LogP contribution < -0.4 is 5.32 Å². The number of anilines is 1. The molecule has 0 fully saturated rings. The van der Waals surface area contributed by atoms with Crippen molar-refractivity contribution in [3.63, 3.8) is 0 Å². The Kier molecular flexibility index (Phi) is 4.09. The lowest BCUT2D eigenvalue weighted by molar-refractivity contribution is 0.102. The molecule has 3 rings (SSSR count).